The van der Waals surface area contributed by atoms with E-state index in [0.29, 0.717) is 11.2 Å². The predicted molar refractivity (Wildman–Crippen MR) is 90.7 cm³/mol. The topological polar surface area (TPSA) is 101 Å². The zero-order chi connectivity index (χ0) is 17.5. The van der Waals surface area contributed by atoms with Crippen molar-refractivity contribution in [2.45, 2.75) is 50.0 Å². The van der Waals surface area contributed by atoms with E-state index in [1.165, 1.54) is 56.2 Å². The number of hydrogen-bond acceptors (Lipinski definition) is 3. The van der Waals surface area contributed by atoms with E-state index in [9.17, 15) is 5.11 Å². The summed E-state index contributed by atoms with van der Waals surface area (Å²) < 4.78 is 8.88. The Bertz CT molecular complexity index is 652. The lowest BCUT2D eigenvalue weighted by Crippen LogP contribution is -2.59. The third kappa shape index (κ3) is 3.39. The first kappa shape index (κ1) is 17.9. The number of nitrogens with zero attached hydrogens (tertiary/aromatic N) is 1. The second kappa shape index (κ2) is 6.43. The van der Waals surface area contributed by atoms with Crippen LogP contribution in [0.15, 0.2) is 18.2 Å². The highest BCUT2D eigenvalue weighted by molar-refractivity contribution is 7.45. The minimum atomic E-state index is -4.64. The van der Waals surface area contributed by atoms with Crippen molar-refractivity contribution in [2.75, 3.05) is 13.6 Å². The summed E-state index contributed by atoms with van der Waals surface area (Å²) in [6.45, 7) is 1.22. The summed E-state index contributed by atoms with van der Waals surface area (Å²) in [5.74, 6) is 1.27. The van der Waals surface area contributed by atoms with Crippen LogP contribution in [0.5, 0.6) is 5.75 Å². The molecule has 24 heavy (non-hydrogen) atoms. The van der Waals surface area contributed by atoms with Crippen molar-refractivity contribution >= 4 is 7.82 Å². The van der Waals surface area contributed by atoms with Crippen molar-refractivity contribution in [3.05, 3.63) is 29.3 Å². The molecule has 3 aliphatic rings. The highest BCUT2D eigenvalue weighted by atomic mass is 31.2. The van der Waals surface area contributed by atoms with Crippen LogP contribution < -0.4 is 0 Å². The van der Waals surface area contributed by atoms with Gasteiger partial charge in [0.25, 0.3) is 0 Å². The number of aromatic hydroxyl groups is 1. The molecule has 1 saturated carbocycles. The number of phenols is 1. The molecule has 1 saturated heterocycles. The average Bonchev–Trinajstić information content (AvgIpc) is 2.50. The summed E-state index contributed by atoms with van der Waals surface area (Å²) in [5.41, 5.74) is 3.36. The van der Waals surface area contributed by atoms with Gasteiger partial charge in [-0.3, -0.25) is 0 Å². The molecule has 3 atom stereocenters. The maximum atomic E-state index is 9.91. The van der Waals surface area contributed by atoms with Gasteiger partial charge in [-0.25, -0.2) is 4.57 Å². The number of phenolic OH excluding ortho intramolecular Hbond substituents is 1. The lowest BCUT2D eigenvalue weighted by Gasteiger charge is -2.58. The van der Waals surface area contributed by atoms with Crippen molar-refractivity contribution in [3.63, 3.8) is 0 Å². The fourth-order valence-electron chi connectivity index (χ4n) is 5.18. The van der Waals surface area contributed by atoms with Crippen LogP contribution in [0.3, 0.4) is 0 Å². The normalized spacial score (nSPS) is 32.2. The van der Waals surface area contributed by atoms with Gasteiger partial charge in [-0.15, -0.1) is 0 Å². The maximum Gasteiger partial charge on any atom is 0.466 e. The molecule has 0 amide bonds. The Kier molecular flexibility index (Phi) is 4.80. The Morgan fingerprint density at radius 2 is 1.92 bits per heavy atom. The minimum absolute atomic E-state index is 0.377. The third-order valence-corrected chi connectivity index (χ3v) is 6.10. The smallest absolute Gasteiger partial charge is 0.466 e. The molecule has 1 heterocycles. The summed E-state index contributed by atoms with van der Waals surface area (Å²) >= 11 is 0. The molecule has 2 fully saturated rings. The van der Waals surface area contributed by atoms with Crippen molar-refractivity contribution in [1.29, 1.82) is 0 Å². The van der Waals surface area contributed by atoms with Gasteiger partial charge in [0.05, 0.1) is 0 Å². The standard InChI is InChI=1S/C17H23NO.H3O4P/c1-18-9-8-17-7-3-2-4-14(17)16(18)10-12-5-6-13(19)11-15(12)17;1-5(2,3)4/h5-6,11,14,16,19H,2-4,7-10H2,1H3;(H3,1,2,3,4)/t14-,16-,17-;/m0./s1. The van der Waals surface area contributed by atoms with Crippen LogP contribution in [0.2, 0.25) is 0 Å². The van der Waals surface area contributed by atoms with Gasteiger partial charge in [-0.05, 0) is 68.5 Å². The number of fused-ring (bicyclic) bond motifs is 1. The van der Waals surface area contributed by atoms with E-state index in [2.05, 4.69) is 24.1 Å². The van der Waals surface area contributed by atoms with Crippen molar-refractivity contribution < 1.29 is 24.4 Å². The molecular formula is C17H26NO5P. The Balaban J connectivity index is 0.000000300. The fourth-order valence-corrected chi connectivity index (χ4v) is 5.18. The maximum absolute atomic E-state index is 9.91. The van der Waals surface area contributed by atoms with E-state index >= 15 is 0 Å². The van der Waals surface area contributed by atoms with E-state index in [1.54, 1.807) is 0 Å². The fraction of sp³-hybridized carbons (Fsp3) is 0.647. The molecule has 1 aliphatic heterocycles. The van der Waals surface area contributed by atoms with Crippen LogP contribution in [0.1, 0.15) is 43.2 Å². The molecule has 0 aromatic heterocycles. The number of likely N-dealkylation sites (N-methyl/N-ethyl adjacent to an activating group) is 1. The molecule has 134 valence electrons. The lowest BCUT2D eigenvalue weighted by molar-refractivity contribution is 0.00274. The SMILES string of the molecule is CN1CC[C@@]23CCCC[C@H]2[C@@H]1Cc1ccc(O)cc13.O=P(O)(O)O. The van der Waals surface area contributed by atoms with Crippen LogP contribution in [-0.4, -0.2) is 44.3 Å². The number of phosphoric acid groups is 1. The van der Waals surface area contributed by atoms with Crippen molar-refractivity contribution in [3.8, 4) is 5.75 Å². The second-order valence-electron chi connectivity index (χ2n) is 7.37. The lowest BCUT2D eigenvalue weighted by atomic mass is 9.52. The second-order valence-corrected chi connectivity index (χ2v) is 8.39. The van der Waals surface area contributed by atoms with Crippen molar-refractivity contribution in [2.24, 2.45) is 5.92 Å². The van der Waals surface area contributed by atoms with E-state index in [-0.39, 0.29) is 0 Å². The van der Waals surface area contributed by atoms with Crippen LogP contribution in [0, 0.1) is 5.92 Å². The van der Waals surface area contributed by atoms with Crippen LogP contribution in [0.4, 0.5) is 0 Å². The summed E-state index contributed by atoms with van der Waals surface area (Å²) in [6, 6.07) is 6.85. The molecule has 2 bridgehead atoms. The highest BCUT2D eigenvalue weighted by Gasteiger charge is 2.52. The number of benzene rings is 1. The van der Waals surface area contributed by atoms with E-state index in [1.807, 2.05) is 6.07 Å². The first-order chi connectivity index (χ1) is 11.2. The monoisotopic (exact) mass is 355 g/mol. The van der Waals surface area contributed by atoms with Gasteiger partial charge in [0, 0.05) is 11.5 Å². The van der Waals surface area contributed by atoms with E-state index < -0.39 is 7.82 Å². The predicted octanol–water partition coefficient (Wildman–Crippen LogP) is 2.15. The number of rotatable bonds is 0. The number of hydrogen-bond donors (Lipinski definition) is 4. The molecule has 7 heteroatoms. The van der Waals surface area contributed by atoms with Gasteiger partial charge in [0.2, 0.25) is 0 Å². The van der Waals surface area contributed by atoms with Gasteiger partial charge >= 0.3 is 7.82 Å². The Labute approximate surface area is 142 Å². The van der Waals surface area contributed by atoms with Gasteiger partial charge in [-0.1, -0.05) is 18.9 Å². The van der Waals surface area contributed by atoms with E-state index in [4.69, 9.17) is 19.2 Å². The molecule has 0 radical (unpaired) electrons. The molecule has 4 N–H and O–H groups in total. The molecule has 4 rings (SSSR count). The molecule has 1 aromatic rings. The highest BCUT2D eigenvalue weighted by Crippen LogP contribution is 2.55. The third-order valence-electron chi connectivity index (χ3n) is 6.10. The van der Waals surface area contributed by atoms with Gasteiger partial charge in [0.1, 0.15) is 5.75 Å². The molecule has 1 aromatic carbocycles. The van der Waals surface area contributed by atoms with Crippen molar-refractivity contribution in [1.82, 2.24) is 4.90 Å². The largest absolute Gasteiger partial charge is 0.508 e. The average molecular weight is 355 g/mol. The summed E-state index contributed by atoms with van der Waals surface area (Å²) in [7, 11) is -2.34. The quantitative estimate of drug-likeness (QED) is 0.532. The molecule has 6 nitrogen and oxygen atoms in total. The summed E-state index contributed by atoms with van der Waals surface area (Å²) in [5, 5.41) is 9.91. The minimum Gasteiger partial charge on any atom is -0.508 e. The van der Waals surface area contributed by atoms with Gasteiger partial charge in [0.15, 0.2) is 0 Å². The van der Waals surface area contributed by atoms with Crippen LogP contribution in [-0.2, 0) is 16.4 Å². The zero-order valence-corrected chi connectivity index (χ0v) is 14.8. The summed E-state index contributed by atoms with van der Waals surface area (Å²) in [6.07, 6.45) is 7.93. The summed E-state index contributed by atoms with van der Waals surface area (Å²) in [4.78, 5) is 24.1. The van der Waals surface area contributed by atoms with Gasteiger partial charge in [-0.2, -0.15) is 0 Å². The molecule has 0 spiro atoms. The Morgan fingerprint density at radius 1 is 1.21 bits per heavy atom. The first-order valence-electron chi connectivity index (χ1n) is 8.52. The van der Waals surface area contributed by atoms with Crippen LogP contribution in [0.25, 0.3) is 0 Å². The molecule has 2 aliphatic carbocycles. The molecular weight excluding hydrogens is 329 g/mol. The molecule has 0 unspecified atom stereocenters. The Morgan fingerprint density at radius 3 is 2.62 bits per heavy atom. The van der Waals surface area contributed by atoms with E-state index in [0.717, 1.165) is 12.0 Å². The van der Waals surface area contributed by atoms with Crippen LogP contribution >= 0.6 is 7.82 Å². The number of piperidine rings is 1. The Hall–Kier alpha value is -0.910. The number of likely N-dealkylation sites (tertiary alicyclic amines) is 1. The van der Waals surface area contributed by atoms with Gasteiger partial charge < -0.3 is 24.7 Å². The zero-order valence-electron chi connectivity index (χ0n) is 13.9. The first-order valence-corrected chi connectivity index (χ1v) is 10.1.